The second kappa shape index (κ2) is 6.18. The molecule has 0 aliphatic heterocycles. The number of aryl methyl sites for hydroxylation is 2. The van der Waals surface area contributed by atoms with E-state index in [9.17, 15) is 4.79 Å². The number of thiophene rings is 1. The molecule has 3 aromatic rings. The van der Waals surface area contributed by atoms with E-state index >= 15 is 0 Å². The third-order valence-electron chi connectivity index (χ3n) is 3.57. The molecule has 3 rings (SSSR count). The van der Waals surface area contributed by atoms with Crippen molar-refractivity contribution in [2.45, 2.75) is 30.9 Å². The molecule has 0 amide bonds. The van der Waals surface area contributed by atoms with Crippen molar-refractivity contribution in [2.75, 3.05) is 0 Å². The second-order valence-corrected chi connectivity index (χ2v) is 8.66. The van der Waals surface area contributed by atoms with Crippen LogP contribution < -0.4 is 5.56 Å². The Morgan fingerprint density at radius 1 is 1.27 bits per heavy atom. The van der Waals surface area contributed by atoms with Gasteiger partial charge in [0.15, 0.2) is 0 Å². The number of nitrogens with one attached hydrogen (secondary N) is 1. The maximum Gasteiger partial charge on any atom is 0.259 e. The summed E-state index contributed by atoms with van der Waals surface area (Å²) in [6, 6.07) is 8.14. The molecule has 1 aromatic carbocycles. The highest BCUT2D eigenvalue weighted by molar-refractivity contribution is 9.10. The van der Waals surface area contributed by atoms with E-state index in [2.05, 4.69) is 45.0 Å². The Morgan fingerprint density at radius 3 is 2.64 bits per heavy atom. The Balaban J connectivity index is 1.95. The van der Waals surface area contributed by atoms with Crippen LogP contribution in [0.5, 0.6) is 0 Å². The van der Waals surface area contributed by atoms with Crippen LogP contribution in [0.2, 0.25) is 0 Å². The zero-order valence-corrected chi connectivity index (χ0v) is 15.7. The number of fused-ring (bicyclic) bond motifs is 1. The number of rotatable bonds is 3. The molecule has 114 valence electrons. The Hall–Kier alpha value is -1.11. The monoisotopic (exact) mass is 394 g/mol. The first kappa shape index (κ1) is 15.8. The molecule has 0 radical (unpaired) electrons. The molecule has 2 heterocycles. The predicted octanol–water partition coefficient (Wildman–Crippen LogP) is 5.22. The van der Waals surface area contributed by atoms with Crippen molar-refractivity contribution in [3.63, 3.8) is 0 Å². The highest BCUT2D eigenvalue weighted by atomic mass is 79.9. The molecule has 0 spiro atoms. The van der Waals surface area contributed by atoms with Crippen LogP contribution in [-0.4, -0.2) is 9.97 Å². The van der Waals surface area contributed by atoms with Crippen LogP contribution in [-0.2, 0) is 0 Å². The van der Waals surface area contributed by atoms with Gasteiger partial charge in [-0.1, -0.05) is 15.9 Å². The lowest BCUT2D eigenvalue weighted by Crippen LogP contribution is -2.12. The van der Waals surface area contributed by atoms with Gasteiger partial charge in [-0.3, -0.25) is 4.79 Å². The quantitative estimate of drug-likeness (QED) is 0.619. The molecule has 0 bridgehead atoms. The summed E-state index contributed by atoms with van der Waals surface area (Å²) in [6.45, 7) is 6.07. The van der Waals surface area contributed by atoms with E-state index < -0.39 is 0 Å². The van der Waals surface area contributed by atoms with Gasteiger partial charge in [0.05, 0.1) is 10.6 Å². The number of thioether (sulfide) groups is 1. The first-order chi connectivity index (χ1) is 10.5. The van der Waals surface area contributed by atoms with Gasteiger partial charge >= 0.3 is 0 Å². The number of aromatic amines is 1. The third-order valence-corrected chi connectivity index (χ3v) is 6.32. The maximum absolute atomic E-state index is 12.3. The molecule has 0 saturated carbocycles. The Kier molecular flexibility index (Phi) is 4.43. The molecule has 0 unspecified atom stereocenters. The zero-order chi connectivity index (χ0) is 15.9. The fourth-order valence-electron chi connectivity index (χ4n) is 2.24. The molecule has 2 aromatic heterocycles. The fraction of sp³-hybridized carbons (Fsp3) is 0.250. The number of aromatic nitrogens is 2. The van der Waals surface area contributed by atoms with Crippen LogP contribution in [0.15, 0.2) is 38.4 Å². The van der Waals surface area contributed by atoms with Crippen molar-refractivity contribution in [1.82, 2.24) is 9.97 Å². The Bertz CT molecular complexity index is 884. The average Bonchev–Trinajstić information content (AvgIpc) is 2.77. The highest BCUT2D eigenvalue weighted by Gasteiger charge is 2.16. The number of nitrogens with zero attached hydrogens (tertiary/aromatic N) is 1. The van der Waals surface area contributed by atoms with Crippen molar-refractivity contribution < 1.29 is 0 Å². The van der Waals surface area contributed by atoms with Gasteiger partial charge < -0.3 is 4.98 Å². The van der Waals surface area contributed by atoms with Crippen LogP contribution in [0.25, 0.3) is 10.2 Å². The normalized spacial score (nSPS) is 12.7. The maximum atomic E-state index is 12.3. The lowest BCUT2D eigenvalue weighted by Gasteiger charge is -2.10. The summed E-state index contributed by atoms with van der Waals surface area (Å²) in [5.74, 6) is 0.728. The van der Waals surface area contributed by atoms with Gasteiger partial charge in [-0.15, -0.1) is 23.1 Å². The largest absolute Gasteiger partial charge is 0.309 e. The third kappa shape index (κ3) is 3.00. The molecule has 0 fully saturated rings. The van der Waals surface area contributed by atoms with E-state index in [1.165, 1.54) is 0 Å². The van der Waals surface area contributed by atoms with Crippen LogP contribution in [0.4, 0.5) is 0 Å². The van der Waals surface area contributed by atoms with E-state index in [-0.39, 0.29) is 10.8 Å². The number of hydrogen-bond donors (Lipinski definition) is 1. The number of halogens is 1. The van der Waals surface area contributed by atoms with Crippen LogP contribution in [0.1, 0.15) is 28.4 Å². The zero-order valence-electron chi connectivity index (χ0n) is 12.4. The van der Waals surface area contributed by atoms with Crippen molar-refractivity contribution in [3.05, 3.63) is 55.4 Å². The van der Waals surface area contributed by atoms with Gasteiger partial charge in [-0.05, 0) is 50.6 Å². The summed E-state index contributed by atoms with van der Waals surface area (Å²) in [5, 5.41) is 0.813. The van der Waals surface area contributed by atoms with E-state index in [1.54, 1.807) is 23.1 Å². The Labute approximate surface area is 145 Å². The standard InChI is InChI=1S/C16H15BrN2OS2/c1-8-9(2)22-16-13(8)15(20)18-14(19-16)10(3)21-12-6-4-11(17)5-7-12/h4-7,10H,1-3H3,(H,18,19,20)/t10-/m1/s1. The number of H-pyrrole nitrogens is 1. The number of benzene rings is 1. The molecular formula is C16H15BrN2OS2. The minimum Gasteiger partial charge on any atom is -0.309 e. The fourth-order valence-corrected chi connectivity index (χ4v) is 4.46. The molecule has 0 aliphatic carbocycles. The van der Waals surface area contributed by atoms with Crippen LogP contribution in [0, 0.1) is 13.8 Å². The molecule has 6 heteroatoms. The SMILES string of the molecule is Cc1sc2nc([C@@H](C)Sc3ccc(Br)cc3)[nH]c(=O)c2c1C. The highest BCUT2D eigenvalue weighted by Crippen LogP contribution is 2.34. The van der Waals surface area contributed by atoms with Crippen molar-refractivity contribution in [3.8, 4) is 0 Å². The summed E-state index contributed by atoms with van der Waals surface area (Å²) in [5.41, 5.74) is 0.999. The lowest BCUT2D eigenvalue weighted by molar-refractivity contribution is 0.925. The predicted molar refractivity (Wildman–Crippen MR) is 98.1 cm³/mol. The van der Waals surface area contributed by atoms with Crippen LogP contribution in [0.3, 0.4) is 0 Å². The van der Waals surface area contributed by atoms with Gasteiger partial charge in [-0.25, -0.2) is 4.98 Å². The van der Waals surface area contributed by atoms with Gasteiger partial charge in [-0.2, -0.15) is 0 Å². The lowest BCUT2D eigenvalue weighted by atomic mass is 10.2. The minimum absolute atomic E-state index is 0.0369. The summed E-state index contributed by atoms with van der Waals surface area (Å²) in [4.78, 5) is 23.1. The summed E-state index contributed by atoms with van der Waals surface area (Å²) < 4.78 is 1.06. The molecule has 0 aliphatic rings. The summed E-state index contributed by atoms with van der Waals surface area (Å²) in [6.07, 6.45) is 0. The van der Waals surface area contributed by atoms with Crippen molar-refractivity contribution in [1.29, 1.82) is 0 Å². The molecule has 0 saturated heterocycles. The Morgan fingerprint density at radius 2 is 1.95 bits per heavy atom. The molecule has 22 heavy (non-hydrogen) atoms. The average molecular weight is 395 g/mol. The summed E-state index contributed by atoms with van der Waals surface area (Å²) >= 11 is 6.71. The first-order valence-corrected chi connectivity index (χ1v) is 9.36. The van der Waals surface area contributed by atoms with E-state index in [1.807, 2.05) is 26.0 Å². The van der Waals surface area contributed by atoms with Gasteiger partial charge in [0.2, 0.25) is 0 Å². The van der Waals surface area contributed by atoms with Crippen molar-refractivity contribution in [2.24, 2.45) is 0 Å². The summed E-state index contributed by atoms with van der Waals surface area (Å²) in [7, 11) is 0. The molecular weight excluding hydrogens is 380 g/mol. The van der Waals surface area contributed by atoms with Gasteiger partial charge in [0.25, 0.3) is 5.56 Å². The first-order valence-electron chi connectivity index (χ1n) is 6.88. The smallest absolute Gasteiger partial charge is 0.259 e. The van der Waals surface area contributed by atoms with Crippen molar-refractivity contribution >= 4 is 49.2 Å². The molecule has 1 atom stereocenters. The topological polar surface area (TPSA) is 45.8 Å². The molecule has 3 nitrogen and oxygen atoms in total. The van der Waals surface area contributed by atoms with E-state index in [0.717, 1.165) is 35.8 Å². The van der Waals surface area contributed by atoms with E-state index in [4.69, 9.17) is 0 Å². The van der Waals surface area contributed by atoms with Gasteiger partial charge in [0.1, 0.15) is 10.7 Å². The van der Waals surface area contributed by atoms with Crippen LogP contribution >= 0.6 is 39.0 Å². The van der Waals surface area contributed by atoms with E-state index in [0.29, 0.717) is 0 Å². The molecule has 1 N–H and O–H groups in total. The van der Waals surface area contributed by atoms with Gasteiger partial charge in [0, 0.05) is 14.2 Å². The second-order valence-electron chi connectivity index (χ2n) is 5.13. The minimum atomic E-state index is -0.0369. The number of hydrogen-bond acceptors (Lipinski definition) is 4.